The first-order chi connectivity index (χ1) is 10.2. The highest BCUT2D eigenvalue weighted by Gasteiger charge is 2.23. The summed E-state index contributed by atoms with van der Waals surface area (Å²) in [5, 5.41) is 3.60. The summed E-state index contributed by atoms with van der Waals surface area (Å²) in [6.07, 6.45) is 9.00. The van der Waals surface area contributed by atoms with E-state index in [-0.39, 0.29) is 5.82 Å². The molecule has 0 spiro atoms. The van der Waals surface area contributed by atoms with Crippen molar-refractivity contribution in [1.29, 1.82) is 0 Å². The largest absolute Gasteiger partial charge is 0.316 e. The number of rotatable bonds is 6. The van der Waals surface area contributed by atoms with Crippen molar-refractivity contribution >= 4 is 15.9 Å². The molecule has 1 aliphatic rings. The van der Waals surface area contributed by atoms with Gasteiger partial charge in [0.25, 0.3) is 0 Å². The third-order valence-corrected chi connectivity index (χ3v) is 5.24. The van der Waals surface area contributed by atoms with Crippen LogP contribution in [0.1, 0.15) is 51.0 Å². The lowest BCUT2D eigenvalue weighted by Gasteiger charge is -2.26. The Hall–Kier alpha value is -0.410. The van der Waals surface area contributed by atoms with Gasteiger partial charge in [-0.1, -0.05) is 32.3 Å². The van der Waals surface area contributed by atoms with E-state index in [0.29, 0.717) is 4.47 Å². The molecule has 2 atom stereocenters. The first-order valence-electron chi connectivity index (χ1n) is 8.35. The van der Waals surface area contributed by atoms with Crippen LogP contribution in [0.5, 0.6) is 0 Å². The number of halogens is 2. The molecule has 1 saturated carbocycles. The van der Waals surface area contributed by atoms with Crippen molar-refractivity contribution in [3.8, 4) is 0 Å². The highest BCUT2D eigenvalue weighted by molar-refractivity contribution is 9.10. The Bertz CT molecular complexity index is 435. The third kappa shape index (κ3) is 5.37. The molecule has 3 heteroatoms. The Labute approximate surface area is 136 Å². The van der Waals surface area contributed by atoms with Crippen LogP contribution in [0.25, 0.3) is 0 Å². The topological polar surface area (TPSA) is 12.0 Å². The summed E-state index contributed by atoms with van der Waals surface area (Å²) in [4.78, 5) is 0. The molecule has 1 aliphatic carbocycles. The Morgan fingerprint density at radius 3 is 2.67 bits per heavy atom. The first-order valence-corrected chi connectivity index (χ1v) is 9.14. The molecule has 0 saturated heterocycles. The maximum Gasteiger partial charge on any atom is 0.137 e. The Morgan fingerprint density at radius 2 is 1.95 bits per heavy atom. The minimum absolute atomic E-state index is 0.166. The zero-order valence-electron chi connectivity index (χ0n) is 13.0. The molecule has 0 bridgehead atoms. The number of hydrogen-bond donors (Lipinski definition) is 1. The van der Waals surface area contributed by atoms with E-state index < -0.39 is 0 Å². The molecule has 0 aromatic heterocycles. The second kappa shape index (κ2) is 8.89. The van der Waals surface area contributed by atoms with E-state index in [2.05, 4.69) is 28.2 Å². The van der Waals surface area contributed by atoms with E-state index in [4.69, 9.17) is 0 Å². The lowest BCUT2D eigenvalue weighted by molar-refractivity contribution is 0.298. The summed E-state index contributed by atoms with van der Waals surface area (Å²) in [7, 11) is 0. The molecule has 1 N–H and O–H groups in total. The van der Waals surface area contributed by atoms with E-state index in [1.165, 1.54) is 44.1 Å². The van der Waals surface area contributed by atoms with Gasteiger partial charge in [0.1, 0.15) is 5.82 Å². The van der Waals surface area contributed by atoms with Gasteiger partial charge in [-0.2, -0.15) is 0 Å². The zero-order valence-corrected chi connectivity index (χ0v) is 14.6. The Morgan fingerprint density at radius 1 is 1.19 bits per heavy atom. The van der Waals surface area contributed by atoms with E-state index in [9.17, 15) is 4.39 Å². The molecule has 1 fully saturated rings. The fraction of sp³-hybridized carbons (Fsp3) is 0.667. The van der Waals surface area contributed by atoms with Gasteiger partial charge in [0.15, 0.2) is 0 Å². The van der Waals surface area contributed by atoms with Crippen LogP contribution in [0.3, 0.4) is 0 Å². The molecule has 0 heterocycles. The average molecular weight is 356 g/mol. The van der Waals surface area contributed by atoms with Crippen molar-refractivity contribution in [1.82, 2.24) is 5.32 Å². The van der Waals surface area contributed by atoms with Gasteiger partial charge in [0.05, 0.1) is 4.47 Å². The van der Waals surface area contributed by atoms with Crippen molar-refractivity contribution in [2.75, 3.05) is 13.1 Å². The molecule has 0 radical (unpaired) electrons. The van der Waals surface area contributed by atoms with Gasteiger partial charge in [-0.25, -0.2) is 4.39 Å². The fourth-order valence-electron chi connectivity index (χ4n) is 3.43. The summed E-state index contributed by atoms with van der Waals surface area (Å²) < 4.78 is 14.0. The van der Waals surface area contributed by atoms with Gasteiger partial charge in [0, 0.05) is 0 Å². The van der Waals surface area contributed by atoms with Crippen LogP contribution >= 0.6 is 15.9 Å². The maximum absolute atomic E-state index is 13.4. The molecule has 2 unspecified atom stereocenters. The maximum atomic E-state index is 13.4. The highest BCUT2D eigenvalue weighted by Crippen LogP contribution is 2.32. The summed E-state index contributed by atoms with van der Waals surface area (Å²) in [6.45, 7) is 4.47. The van der Waals surface area contributed by atoms with Gasteiger partial charge in [-0.3, -0.25) is 0 Å². The van der Waals surface area contributed by atoms with Crippen molar-refractivity contribution in [3.05, 3.63) is 34.1 Å². The molecular formula is C18H27BrFN. The molecule has 0 amide bonds. The normalized spacial score (nSPS) is 23.0. The van der Waals surface area contributed by atoms with Crippen LogP contribution in [-0.4, -0.2) is 13.1 Å². The first kappa shape index (κ1) is 17.0. The van der Waals surface area contributed by atoms with E-state index >= 15 is 0 Å². The summed E-state index contributed by atoms with van der Waals surface area (Å²) >= 11 is 3.31. The van der Waals surface area contributed by atoms with Crippen LogP contribution in [0.4, 0.5) is 4.39 Å². The summed E-state index contributed by atoms with van der Waals surface area (Å²) in [6, 6.07) is 5.48. The Kier molecular flexibility index (Phi) is 7.18. The fourth-order valence-corrected chi connectivity index (χ4v) is 3.86. The predicted octanol–water partition coefficient (Wildman–Crippen LogP) is 5.33. The van der Waals surface area contributed by atoms with Crippen LogP contribution < -0.4 is 5.32 Å². The molecule has 1 nitrogen and oxygen atoms in total. The molecular weight excluding hydrogens is 329 g/mol. The smallest absolute Gasteiger partial charge is 0.137 e. The van der Waals surface area contributed by atoms with Crippen molar-refractivity contribution in [2.24, 2.45) is 11.8 Å². The number of nitrogens with one attached hydrogen (secondary N) is 1. The quantitative estimate of drug-likeness (QED) is 0.537. The second-order valence-electron chi connectivity index (χ2n) is 6.31. The van der Waals surface area contributed by atoms with Crippen molar-refractivity contribution < 1.29 is 4.39 Å². The second-order valence-corrected chi connectivity index (χ2v) is 7.17. The molecule has 2 rings (SSSR count). The number of hydrogen-bond acceptors (Lipinski definition) is 1. The van der Waals surface area contributed by atoms with E-state index in [1.807, 2.05) is 12.1 Å². The third-order valence-electron chi connectivity index (χ3n) is 4.63. The summed E-state index contributed by atoms with van der Waals surface area (Å²) in [5.74, 6) is 1.33. The summed E-state index contributed by atoms with van der Waals surface area (Å²) in [5.41, 5.74) is 1.26. The monoisotopic (exact) mass is 355 g/mol. The van der Waals surface area contributed by atoms with E-state index in [1.54, 1.807) is 6.07 Å². The standard InChI is InChI=1S/C18H27BrFN/c1-2-10-21-13-16-7-5-3-4-6-15(16)11-14-8-9-18(20)17(19)12-14/h8-9,12,15-16,21H,2-7,10-11,13H2,1H3. The van der Waals surface area contributed by atoms with Crippen molar-refractivity contribution in [3.63, 3.8) is 0 Å². The van der Waals surface area contributed by atoms with Crippen LogP contribution in [-0.2, 0) is 6.42 Å². The molecule has 21 heavy (non-hydrogen) atoms. The molecule has 1 aromatic rings. The van der Waals surface area contributed by atoms with Crippen molar-refractivity contribution in [2.45, 2.75) is 51.9 Å². The zero-order chi connectivity index (χ0) is 15.1. The SMILES string of the molecule is CCCNCC1CCCCCC1Cc1ccc(F)c(Br)c1. The average Bonchev–Trinajstić information content (AvgIpc) is 2.69. The van der Waals surface area contributed by atoms with Gasteiger partial charge in [-0.05, 0) is 84.2 Å². The van der Waals surface area contributed by atoms with Crippen LogP contribution in [0.2, 0.25) is 0 Å². The van der Waals surface area contributed by atoms with Gasteiger partial charge in [0.2, 0.25) is 0 Å². The van der Waals surface area contributed by atoms with Gasteiger partial charge in [-0.15, -0.1) is 0 Å². The molecule has 0 aliphatic heterocycles. The lowest BCUT2D eigenvalue weighted by atomic mass is 9.83. The minimum atomic E-state index is -0.166. The van der Waals surface area contributed by atoms with Gasteiger partial charge < -0.3 is 5.32 Å². The van der Waals surface area contributed by atoms with E-state index in [0.717, 1.165) is 31.3 Å². The molecule has 118 valence electrons. The Balaban J connectivity index is 1.99. The number of benzene rings is 1. The minimum Gasteiger partial charge on any atom is -0.316 e. The lowest BCUT2D eigenvalue weighted by Crippen LogP contribution is -2.29. The molecule has 1 aromatic carbocycles. The van der Waals surface area contributed by atoms with Crippen LogP contribution in [0.15, 0.2) is 22.7 Å². The predicted molar refractivity (Wildman–Crippen MR) is 91.0 cm³/mol. The van der Waals surface area contributed by atoms with Gasteiger partial charge >= 0.3 is 0 Å². The van der Waals surface area contributed by atoms with Crippen LogP contribution in [0, 0.1) is 17.7 Å². The highest BCUT2D eigenvalue weighted by atomic mass is 79.9.